The van der Waals surface area contributed by atoms with Gasteiger partial charge in [0, 0.05) is 29.7 Å². The molecule has 98 valence electrons. The minimum atomic E-state index is -0.405. The first-order valence-corrected chi connectivity index (χ1v) is 6.12. The number of pyridine rings is 1. The zero-order valence-electron chi connectivity index (χ0n) is 11.1. The Kier molecular flexibility index (Phi) is 3.80. The number of nitrogens with one attached hydrogen (secondary N) is 1. The Morgan fingerprint density at radius 2 is 2.05 bits per heavy atom. The normalized spacial score (nSPS) is 10.2. The van der Waals surface area contributed by atoms with Gasteiger partial charge in [0.05, 0.1) is 0 Å². The zero-order chi connectivity index (χ0) is 13.8. The number of aromatic nitrogens is 1. The summed E-state index contributed by atoms with van der Waals surface area (Å²) in [5, 5.41) is 3.32. The molecule has 3 N–H and O–H groups in total. The molecule has 1 amide bonds. The molecule has 4 nitrogen and oxygen atoms in total. The Morgan fingerprint density at radius 1 is 1.26 bits per heavy atom. The Morgan fingerprint density at radius 3 is 2.63 bits per heavy atom. The van der Waals surface area contributed by atoms with Crippen LogP contribution in [0.25, 0.3) is 0 Å². The van der Waals surface area contributed by atoms with Gasteiger partial charge < -0.3 is 11.1 Å². The summed E-state index contributed by atoms with van der Waals surface area (Å²) < 4.78 is 0. The second-order valence-electron chi connectivity index (χ2n) is 4.56. The van der Waals surface area contributed by atoms with Gasteiger partial charge in [-0.1, -0.05) is 6.07 Å². The molecule has 0 aliphatic rings. The summed E-state index contributed by atoms with van der Waals surface area (Å²) in [6.07, 6.45) is 1.86. The number of nitrogens with zero attached hydrogens (tertiary/aromatic N) is 1. The number of carbonyl (C=O) groups is 1. The number of primary amides is 1. The van der Waals surface area contributed by atoms with E-state index in [2.05, 4.69) is 10.3 Å². The average Bonchev–Trinajstić information content (AvgIpc) is 2.39. The highest BCUT2D eigenvalue weighted by molar-refractivity contribution is 5.93. The van der Waals surface area contributed by atoms with E-state index in [0.29, 0.717) is 12.1 Å². The summed E-state index contributed by atoms with van der Waals surface area (Å²) in [7, 11) is 0. The van der Waals surface area contributed by atoms with E-state index in [9.17, 15) is 4.79 Å². The summed E-state index contributed by atoms with van der Waals surface area (Å²) in [4.78, 5) is 15.3. The summed E-state index contributed by atoms with van der Waals surface area (Å²) >= 11 is 0. The maximum Gasteiger partial charge on any atom is 0.248 e. The second kappa shape index (κ2) is 5.52. The van der Waals surface area contributed by atoms with Crippen molar-refractivity contribution in [2.45, 2.75) is 20.4 Å². The van der Waals surface area contributed by atoms with Crippen molar-refractivity contribution in [3.63, 3.8) is 0 Å². The first-order valence-electron chi connectivity index (χ1n) is 6.12. The molecule has 1 aromatic carbocycles. The van der Waals surface area contributed by atoms with E-state index in [0.717, 1.165) is 22.5 Å². The fourth-order valence-corrected chi connectivity index (χ4v) is 1.82. The third-order valence-corrected chi connectivity index (χ3v) is 2.97. The van der Waals surface area contributed by atoms with Gasteiger partial charge in [-0.15, -0.1) is 0 Å². The van der Waals surface area contributed by atoms with E-state index in [1.807, 2.05) is 38.2 Å². The molecule has 0 saturated carbocycles. The molecule has 0 fully saturated rings. The van der Waals surface area contributed by atoms with Crippen molar-refractivity contribution in [2.75, 3.05) is 5.32 Å². The van der Waals surface area contributed by atoms with Crippen LogP contribution in [0.1, 0.15) is 27.2 Å². The lowest BCUT2D eigenvalue weighted by molar-refractivity contribution is 0.1000. The molecule has 1 heterocycles. The molecule has 0 aliphatic carbocycles. The Bertz CT molecular complexity index is 591. The van der Waals surface area contributed by atoms with Crippen LogP contribution in [-0.4, -0.2) is 10.9 Å². The van der Waals surface area contributed by atoms with Gasteiger partial charge in [0.25, 0.3) is 0 Å². The Labute approximate surface area is 112 Å². The van der Waals surface area contributed by atoms with Crippen molar-refractivity contribution in [3.8, 4) is 0 Å². The molecule has 0 bridgehead atoms. The van der Waals surface area contributed by atoms with E-state index >= 15 is 0 Å². The maximum atomic E-state index is 11.1. The molecular weight excluding hydrogens is 238 g/mol. The predicted molar refractivity (Wildman–Crippen MR) is 76.0 cm³/mol. The monoisotopic (exact) mass is 255 g/mol. The average molecular weight is 255 g/mol. The van der Waals surface area contributed by atoms with Crippen molar-refractivity contribution in [1.29, 1.82) is 0 Å². The van der Waals surface area contributed by atoms with Gasteiger partial charge in [-0.25, -0.2) is 0 Å². The van der Waals surface area contributed by atoms with Crippen LogP contribution in [0.4, 0.5) is 5.69 Å². The molecule has 0 unspecified atom stereocenters. The highest BCUT2D eigenvalue weighted by Crippen LogP contribution is 2.17. The number of rotatable bonds is 4. The van der Waals surface area contributed by atoms with Crippen LogP contribution >= 0.6 is 0 Å². The number of amides is 1. The third kappa shape index (κ3) is 3.31. The van der Waals surface area contributed by atoms with E-state index in [4.69, 9.17) is 5.73 Å². The number of aryl methyl sites for hydroxylation is 2. The summed E-state index contributed by atoms with van der Waals surface area (Å²) in [5.41, 5.74) is 9.88. The first-order chi connectivity index (χ1) is 9.06. The molecule has 2 rings (SSSR count). The number of hydrogen-bond acceptors (Lipinski definition) is 3. The molecule has 4 heteroatoms. The van der Waals surface area contributed by atoms with Crippen molar-refractivity contribution < 1.29 is 4.79 Å². The van der Waals surface area contributed by atoms with Crippen LogP contribution in [0.5, 0.6) is 0 Å². The van der Waals surface area contributed by atoms with Crippen molar-refractivity contribution >= 4 is 11.6 Å². The van der Waals surface area contributed by atoms with E-state index < -0.39 is 5.91 Å². The van der Waals surface area contributed by atoms with Crippen molar-refractivity contribution in [1.82, 2.24) is 4.98 Å². The Hall–Kier alpha value is -2.36. The third-order valence-electron chi connectivity index (χ3n) is 2.97. The number of nitrogens with two attached hydrogens (primary N) is 1. The van der Waals surface area contributed by atoms with Gasteiger partial charge in [-0.3, -0.25) is 9.78 Å². The molecule has 0 radical (unpaired) electrons. The van der Waals surface area contributed by atoms with E-state index in [-0.39, 0.29) is 0 Å². The molecular formula is C15H17N3O. The summed E-state index contributed by atoms with van der Waals surface area (Å²) in [5.74, 6) is -0.405. The molecule has 0 aliphatic heterocycles. The summed E-state index contributed by atoms with van der Waals surface area (Å²) in [6, 6.07) is 9.42. The van der Waals surface area contributed by atoms with Gasteiger partial charge in [0.1, 0.15) is 0 Å². The predicted octanol–water partition coefficient (Wildman–Crippen LogP) is 2.41. The van der Waals surface area contributed by atoms with Gasteiger partial charge in [-0.05, 0) is 49.2 Å². The van der Waals surface area contributed by atoms with Crippen molar-refractivity contribution in [2.24, 2.45) is 5.73 Å². The van der Waals surface area contributed by atoms with Gasteiger partial charge in [0.2, 0.25) is 5.91 Å². The minimum Gasteiger partial charge on any atom is -0.381 e. The molecule has 2 aromatic rings. The highest BCUT2D eigenvalue weighted by atomic mass is 16.1. The van der Waals surface area contributed by atoms with Crippen molar-refractivity contribution in [3.05, 3.63) is 58.9 Å². The lowest BCUT2D eigenvalue weighted by Gasteiger charge is -2.10. The summed E-state index contributed by atoms with van der Waals surface area (Å²) in [6.45, 7) is 4.61. The topological polar surface area (TPSA) is 68.0 Å². The second-order valence-corrected chi connectivity index (χ2v) is 4.56. The molecule has 0 saturated heterocycles. The smallest absolute Gasteiger partial charge is 0.248 e. The SMILES string of the molecule is Cc1ccc(CNc2ccc(C(N)=O)cc2C)cn1. The number of benzene rings is 1. The fourth-order valence-electron chi connectivity index (χ4n) is 1.82. The number of hydrogen-bond donors (Lipinski definition) is 2. The van der Waals surface area contributed by atoms with Crippen LogP contribution in [0.3, 0.4) is 0 Å². The zero-order valence-corrected chi connectivity index (χ0v) is 11.1. The largest absolute Gasteiger partial charge is 0.381 e. The van der Waals surface area contributed by atoms with Gasteiger partial charge in [0.15, 0.2) is 0 Å². The van der Waals surface area contributed by atoms with Crippen LogP contribution < -0.4 is 11.1 Å². The highest BCUT2D eigenvalue weighted by Gasteiger charge is 2.04. The molecule has 19 heavy (non-hydrogen) atoms. The molecule has 0 spiro atoms. The van der Waals surface area contributed by atoms with E-state index in [1.165, 1.54) is 0 Å². The quantitative estimate of drug-likeness (QED) is 0.881. The lowest BCUT2D eigenvalue weighted by Crippen LogP contribution is -2.11. The first kappa shape index (κ1) is 13.1. The molecule has 0 atom stereocenters. The van der Waals surface area contributed by atoms with Gasteiger partial charge >= 0.3 is 0 Å². The molecule has 1 aromatic heterocycles. The fraction of sp³-hybridized carbons (Fsp3) is 0.200. The van der Waals surface area contributed by atoms with Crippen LogP contribution in [0.2, 0.25) is 0 Å². The van der Waals surface area contributed by atoms with Crippen LogP contribution in [0.15, 0.2) is 36.5 Å². The standard InChI is InChI=1S/C15H17N3O/c1-10-7-13(15(16)19)5-6-14(10)18-9-12-4-3-11(2)17-8-12/h3-8,18H,9H2,1-2H3,(H2,16,19). The van der Waals surface area contributed by atoms with Crippen LogP contribution in [-0.2, 0) is 6.54 Å². The number of anilines is 1. The van der Waals surface area contributed by atoms with Crippen LogP contribution in [0, 0.1) is 13.8 Å². The Balaban J connectivity index is 2.07. The minimum absolute atomic E-state index is 0.405. The maximum absolute atomic E-state index is 11.1. The van der Waals surface area contributed by atoms with Gasteiger partial charge in [-0.2, -0.15) is 0 Å². The lowest BCUT2D eigenvalue weighted by atomic mass is 10.1. The number of carbonyl (C=O) groups excluding carboxylic acids is 1. The van der Waals surface area contributed by atoms with E-state index in [1.54, 1.807) is 12.1 Å².